The van der Waals surface area contributed by atoms with Crippen molar-refractivity contribution in [2.45, 2.75) is 6.92 Å². The lowest BCUT2D eigenvalue weighted by Gasteiger charge is -2.04. The molecule has 0 radical (unpaired) electrons. The molecule has 1 amide bonds. The number of carbonyl (C=O) groups is 1. The second-order valence-electron chi connectivity index (χ2n) is 4.06. The molecule has 0 unspecified atom stereocenters. The highest BCUT2D eigenvalue weighted by atomic mass is 16.2. The van der Waals surface area contributed by atoms with Crippen LogP contribution in [0, 0.1) is 18.8 Å². The van der Waals surface area contributed by atoms with Crippen molar-refractivity contribution in [3.05, 3.63) is 53.5 Å². The summed E-state index contributed by atoms with van der Waals surface area (Å²) in [5.74, 6) is 5.38. The van der Waals surface area contributed by atoms with E-state index < -0.39 is 0 Å². The van der Waals surface area contributed by atoms with Crippen molar-refractivity contribution in [1.29, 1.82) is 0 Å². The van der Waals surface area contributed by atoms with Gasteiger partial charge in [0.05, 0.1) is 0 Å². The maximum absolute atomic E-state index is 12.0. The van der Waals surface area contributed by atoms with Gasteiger partial charge < -0.3 is 10.4 Å². The maximum Gasteiger partial charge on any atom is 0.275 e. The molecule has 0 aromatic carbocycles. The number of anilines is 1. The van der Waals surface area contributed by atoms with Crippen LogP contribution in [0.15, 0.2) is 36.7 Å². The molecule has 0 aliphatic carbocycles. The third-order valence-electron chi connectivity index (χ3n) is 2.46. The Labute approximate surface area is 116 Å². The van der Waals surface area contributed by atoms with Crippen LogP contribution in [-0.2, 0) is 0 Å². The Hall–Kier alpha value is -2.71. The molecule has 2 rings (SSSR count). The van der Waals surface area contributed by atoms with Gasteiger partial charge in [0.1, 0.15) is 18.1 Å². The second kappa shape index (κ2) is 6.45. The number of aliphatic hydroxyl groups is 1. The van der Waals surface area contributed by atoms with Gasteiger partial charge in [-0.2, -0.15) is 0 Å². The largest absolute Gasteiger partial charge is 0.384 e. The highest BCUT2D eigenvalue weighted by Gasteiger charge is 2.07. The summed E-state index contributed by atoms with van der Waals surface area (Å²) in [6.07, 6.45) is 3.12. The Morgan fingerprint density at radius 1 is 1.35 bits per heavy atom. The van der Waals surface area contributed by atoms with E-state index >= 15 is 0 Å². The highest BCUT2D eigenvalue weighted by molar-refractivity contribution is 6.02. The number of pyridine rings is 2. The zero-order chi connectivity index (χ0) is 14.4. The lowest BCUT2D eigenvalue weighted by molar-refractivity contribution is 0.102. The number of carbonyl (C=O) groups excluding carboxylic acids is 1. The van der Waals surface area contributed by atoms with Crippen LogP contribution in [0.5, 0.6) is 0 Å². The van der Waals surface area contributed by atoms with E-state index in [1.165, 1.54) is 6.20 Å². The zero-order valence-electron chi connectivity index (χ0n) is 10.9. The lowest BCUT2D eigenvalue weighted by atomic mass is 10.2. The van der Waals surface area contributed by atoms with Crippen LogP contribution in [0.4, 0.5) is 5.82 Å². The SMILES string of the molecule is Cc1ccnc(NC(=O)c2ccc(C#CCO)cn2)c1. The Bertz CT molecular complexity index is 670. The first-order valence-corrected chi connectivity index (χ1v) is 5.99. The topological polar surface area (TPSA) is 75.1 Å². The molecule has 0 saturated carbocycles. The van der Waals surface area contributed by atoms with E-state index in [0.717, 1.165) is 5.56 Å². The fourth-order valence-electron chi connectivity index (χ4n) is 1.53. The fourth-order valence-corrected chi connectivity index (χ4v) is 1.53. The van der Waals surface area contributed by atoms with Crippen LogP contribution < -0.4 is 5.32 Å². The molecule has 2 aromatic heterocycles. The minimum Gasteiger partial charge on any atom is -0.384 e. The maximum atomic E-state index is 12.0. The van der Waals surface area contributed by atoms with Crippen molar-refractivity contribution >= 4 is 11.7 Å². The van der Waals surface area contributed by atoms with Crippen LogP contribution in [-0.4, -0.2) is 27.6 Å². The Morgan fingerprint density at radius 3 is 2.85 bits per heavy atom. The van der Waals surface area contributed by atoms with Gasteiger partial charge in [-0.1, -0.05) is 11.8 Å². The van der Waals surface area contributed by atoms with E-state index in [4.69, 9.17) is 5.11 Å². The summed E-state index contributed by atoms with van der Waals surface area (Å²) in [5, 5.41) is 11.3. The molecule has 0 fully saturated rings. The molecule has 0 bridgehead atoms. The smallest absolute Gasteiger partial charge is 0.275 e. The summed E-state index contributed by atoms with van der Waals surface area (Å²) < 4.78 is 0. The molecular formula is C15H13N3O2. The third kappa shape index (κ3) is 3.64. The van der Waals surface area contributed by atoms with E-state index in [2.05, 4.69) is 27.1 Å². The molecule has 0 aliphatic rings. The summed E-state index contributed by atoms with van der Waals surface area (Å²) in [6.45, 7) is 1.71. The first-order valence-electron chi connectivity index (χ1n) is 5.99. The van der Waals surface area contributed by atoms with E-state index in [9.17, 15) is 4.79 Å². The molecule has 5 heteroatoms. The molecule has 0 saturated heterocycles. The van der Waals surface area contributed by atoms with Gasteiger partial charge in [0.15, 0.2) is 0 Å². The van der Waals surface area contributed by atoms with Gasteiger partial charge >= 0.3 is 0 Å². The van der Waals surface area contributed by atoms with E-state index in [1.807, 2.05) is 13.0 Å². The molecule has 2 aromatic rings. The van der Waals surface area contributed by atoms with Crippen LogP contribution in [0.1, 0.15) is 21.6 Å². The van der Waals surface area contributed by atoms with Crippen molar-refractivity contribution in [3.8, 4) is 11.8 Å². The summed E-state index contributed by atoms with van der Waals surface area (Å²) in [6, 6.07) is 6.88. The van der Waals surface area contributed by atoms with Gasteiger partial charge in [-0.05, 0) is 36.8 Å². The van der Waals surface area contributed by atoms with E-state index in [-0.39, 0.29) is 18.2 Å². The van der Waals surface area contributed by atoms with Gasteiger partial charge in [-0.3, -0.25) is 4.79 Å². The molecule has 0 spiro atoms. The van der Waals surface area contributed by atoms with Gasteiger partial charge in [0, 0.05) is 18.0 Å². The number of nitrogens with zero attached hydrogens (tertiary/aromatic N) is 2. The van der Waals surface area contributed by atoms with Gasteiger partial charge in [0.25, 0.3) is 5.91 Å². The van der Waals surface area contributed by atoms with Gasteiger partial charge in [0.2, 0.25) is 0 Å². The molecule has 5 nitrogen and oxygen atoms in total. The lowest BCUT2D eigenvalue weighted by Crippen LogP contribution is -2.14. The average molecular weight is 267 g/mol. The number of hydrogen-bond acceptors (Lipinski definition) is 4. The van der Waals surface area contributed by atoms with Crippen LogP contribution in [0.2, 0.25) is 0 Å². The van der Waals surface area contributed by atoms with Gasteiger partial charge in [-0.15, -0.1) is 0 Å². The molecule has 20 heavy (non-hydrogen) atoms. The second-order valence-corrected chi connectivity index (χ2v) is 4.06. The molecule has 2 N–H and O–H groups in total. The van der Waals surface area contributed by atoms with Crippen molar-refractivity contribution in [2.75, 3.05) is 11.9 Å². The number of amides is 1. The Kier molecular flexibility index (Phi) is 4.43. The van der Waals surface area contributed by atoms with E-state index in [1.54, 1.807) is 24.4 Å². The molecule has 100 valence electrons. The normalized spacial score (nSPS) is 9.50. The molecule has 0 aliphatic heterocycles. The van der Waals surface area contributed by atoms with Crippen molar-refractivity contribution in [3.63, 3.8) is 0 Å². The van der Waals surface area contributed by atoms with Gasteiger partial charge in [-0.25, -0.2) is 9.97 Å². The number of aliphatic hydroxyl groups excluding tert-OH is 1. The first-order chi connectivity index (χ1) is 9.69. The summed E-state index contributed by atoms with van der Waals surface area (Å²) in [4.78, 5) is 20.0. The van der Waals surface area contributed by atoms with Crippen molar-refractivity contribution < 1.29 is 9.90 Å². The summed E-state index contributed by atoms with van der Waals surface area (Å²) in [7, 11) is 0. The van der Waals surface area contributed by atoms with Crippen molar-refractivity contribution in [2.24, 2.45) is 0 Å². The molecular weight excluding hydrogens is 254 g/mol. The predicted molar refractivity (Wildman–Crippen MR) is 75.1 cm³/mol. The van der Waals surface area contributed by atoms with Crippen LogP contribution in [0.3, 0.4) is 0 Å². The Balaban J connectivity index is 2.09. The number of aromatic nitrogens is 2. The number of nitrogens with one attached hydrogen (secondary N) is 1. The minimum absolute atomic E-state index is 0.207. The monoisotopic (exact) mass is 267 g/mol. The van der Waals surface area contributed by atoms with Crippen LogP contribution >= 0.6 is 0 Å². The van der Waals surface area contributed by atoms with Crippen molar-refractivity contribution in [1.82, 2.24) is 9.97 Å². The third-order valence-corrected chi connectivity index (χ3v) is 2.46. The Morgan fingerprint density at radius 2 is 2.20 bits per heavy atom. The molecule has 0 atom stereocenters. The molecule has 2 heterocycles. The highest BCUT2D eigenvalue weighted by Crippen LogP contribution is 2.07. The minimum atomic E-state index is -0.329. The summed E-state index contributed by atoms with van der Waals surface area (Å²) in [5.41, 5.74) is 1.94. The van der Waals surface area contributed by atoms with Crippen LogP contribution in [0.25, 0.3) is 0 Å². The number of rotatable bonds is 2. The standard InChI is InChI=1S/C15H13N3O2/c1-11-6-7-16-14(9-11)18-15(20)13-5-4-12(10-17-13)3-2-8-19/h4-7,9-10,19H,8H2,1H3,(H,16,18,20). The summed E-state index contributed by atoms with van der Waals surface area (Å²) >= 11 is 0. The average Bonchev–Trinajstić information content (AvgIpc) is 2.45. The van der Waals surface area contributed by atoms with E-state index in [0.29, 0.717) is 11.4 Å². The zero-order valence-corrected chi connectivity index (χ0v) is 10.9. The number of aryl methyl sites for hydroxylation is 1. The first kappa shape index (κ1) is 13.7. The quantitative estimate of drug-likeness (QED) is 0.806. The fraction of sp³-hybridized carbons (Fsp3) is 0.133. The predicted octanol–water partition coefficient (Wildman–Crippen LogP) is 1.38. The number of hydrogen-bond donors (Lipinski definition) is 2.